The number of likely N-dealkylation sites (tertiary alicyclic amines) is 1. The van der Waals surface area contributed by atoms with E-state index in [1.807, 2.05) is 12.1 Å². The van der Waals surface area contributed by atoms with Crippen LogP contribution < -0.4 is 5.32 Å². The van der Waals surface area contributed by atoms with Gasteiger partial charge < -0.3 is 9.73 Å². The molecule has 22 heavy (non-hydrogen) atoms. The van der Waals surface area contributed by atoms with Gasteiger partial charge in [0.15, 0.2) is 0 Å². The molecule has 0 radical (unpaired) electrons. The molecule has 1 aliphatic carbocycles. The van der Waals surface area contributed by atoms with Gasteiger partial charge in [-0.05, 0) is 56.9 Å². The van der Waals surface area contributed by atoms with E-state index in [-0.39, 0.29) is 5.91 Å². The fraction of sp³-hybridized carbons (Fsp3) is 0.611. The van der Waals surface area contributed by atoms with Crippen molar-refractivity contribution in [2.75, 3.05) is 26.2 Å². The average Bonchev–Trinajstić information content (AvgIpc) is 3.06. The lowest BCUT2D eigenvalue weighted by atomic mass is 9.85. The SMILES string of the molecule is C/C(=C\c1ccco1)CN1CCC(CNC(=O)C2CCC2)C1. The van der Waals surface area contributed by atoms with Crippen LogP contribution in [0.15, 0.2) is 28.4 Å². The second kappa shape index (κ2) is 7.14. The molecule has 1 atom stereocenters. The van der Waals surface area contributed by atoms with Gasteiger partial charge in [-0.3, -0.25) is 9.69 Å². The summed E-state index contributed by atoms with van der Waals surface area (Å²) in [5, 5.41) is 3.14. The maximum atomic E-state index is 11.9. The molecule has 1 aromatic heterocycles. The minimum Gasteiger partial charge on any atom is -0.465 e. The molecular formula is C18H26N2O2. The summed E-state index contributed by atoms with van der Waals surface area (Å²) >= 11 is 0. The molecule has 3 rings (SSSR count). The molecule has 1 amide bonds. The first-order valence-corrected chi connectivity index (χ1v) is 8.41. The van der Waals surface area contributed by atoms with Crippen LogP contribution in [0, 0.1) is 11.8 Å². The van der Waals surface area contributed by atoms with E-state index in [9.17, 15) is 4.79 Å². The number of amides is 1. The minimum atomic E-state index is 0.276. The first-order chi connectivity index (χ1) is 10.7. The third-order valence-electron chi connectivity index (χ3n) is 4.82. The largest absolute Gasteiger partial charge is 0.465 e. The Morgan fingerprint density at radius 1 is 1.45 bits per heavy atom. The quantitative estimate of drug-likeness (QED) is 0.879. The summed E-state index contributed by atoms with van der Waals surface area (Å²) in [5.74, 6) is 2.09. The van der Waals surface area contributed by atoms with Crippen LogP contribution in [0.5, 0.6) is 0 Å². The van der Waals surface area contributed by atoms with Gasteiger partial charge >= 0.3 is 0 Å². The van der Waals surface area contributed by atoms with Crippen molar-refractivity contribution >= 4 is 12.0 Å². The third-order valence-corrected chi connectivity index (χ3v) is 4.82. The zero-order valence-electron chi connectivity index (χ0n) is 13.4. The van der Waals surface area contributed by atoms with E-state index < -0.39 is 0 Å². The molecule has 1 aromatic rings. The number of rotatable bonds is 6. The lowest BCUT2D eigenvalue weighted by Gasteiger charge is -2.25. The Bertz CT molecular complexity index is 517. The highest BCUT2D eigenvalue weighted by molar-refractivity contribution is 5.79. The molecule has 1 N–H and O–H groups in total. The fourth-order valence-electron chi connectivity index (χ4n) is 3.30. The Morgan fingerprint density at radius 2 is 2.32 bits per heavy atom. The van der Waals surface area contributed by atoms with Crippen LogP contribution in [0.4, 0.5) is 0 Å². The van der Waals surface area contributed by atoms with E-state index in [4.69, 9.17) is 4.42 Å². The van der Waals surface area contributed by atoms with Gasteiger partial charge in [-0.1, -0.05) is 12.0 Å². The summed E-state index contributed by atoms with van der Waals surface area (Å²) < 4.78 is 5.35. The van der Waals surface area contributed by atoms with E-state index in [1.54, 1.807) is 6.26 Å². The molecule has 1 saturated carbocycles. The van der Waals surface area contributed by atoms with Crippen LogP contribution in [0.1, 0.15) is 38.4 Å². The molecular weight excluding hydrogens is 276 g/mol. The summed E-state index contributed by atoms with van der Waals surface area (Å²) in [7, 11) is 0. The van der Waals surface area contributed by atoms with Gasteiger partial charge in [-0.2, -0.15) is 0 Å². The van der Waals surface area contributed by atoms with Crippen LogP contribution >= 0.6 is 0 Å². The molecule has 0 aromatic carbocycles. The number of furan rings is 1. The van der Waals surface area contributed by atoms with E-state index in [0.29, 0.717) is 11.8 Å². The molecule has 0 bridgehead atoms. The van der Waals surface area contributed by atoms with Crippen molar-refractivity contribution in [3.63, 3.8) is 0 Å². The topological polar surface area (TPSA) is 45.5 Å². The lowest BCUT2D eigenvalue weighted by molar-refractivity contribution is -0.127. The first kappa shape index (κ1) is 15.3. The highest BCUT2D eigenvalue weighted by Crippen LogP contribution is 2.26. The van der Waals surface area contributed by atoms with E-state index >= 15 is 0 Å². The molecule has 120 valence electrons. The van der Waals surface area contributed by atoms with Gasteiger partial charge in [0.2, 0.25) is 5.91 Å². The predicted molar refractivity (Wildman–Crippen MR) is 87.3 cm³/mol. The van der Waals surface area contributed by atoms with Crippen LogP contribution in [0.3, 0.4) is 0 Å². The van der Waals surface area contributed by atoms with E-state index in [0.717, 1.165) is 44.8 Å². The van der Waals surface area contributed by atoms with Crippen molar-refractivity contribution in [1.29, 1.82) is 0 Å². The molecule has 0 spiro atoms. The van der Waals surface area contributed by atoms with Gasteiger partial charge in [0.25, 0.3) is 0 Å². The molecule has 1 saturated heterocycles. The van der Waals surface area contributed by atoms with Gasteiger partial charge in [-0.25, -0.2) is 0 Å². The molecule has 4 nitrogen and oxygen atoms in total. The smallest absolute Gasteiger partial charge is 0.223 e. The first-order valence-electron chi connectivity index (χ1n) is 8.41. The number of carbonyl (C=O) groups excluding carboxylic acids is 1. The zero-order valence-corrected chi connectivity index (χ0v) is 13.4. The third kappa shape index (κ3) is 4.01. The van der Waals surface area contributed by atoms with Gasteiger partial charge in [0, 0.05) is 25.6 Å². The number of hydrogen-bond donors (Lipinski definition) is 1. The second-order valence-electron chi connectivity index (χ2n) is 6.77. The van der Waals surface area contributed by atoms with Crippen molar-refractivity contribution in [1.82, 2.24) is 10.2 Å². The molecule has 2 heterocycles. The average molecular weight is 302 g/mol. The Hall–Kier alpha value is -1.55. The molecule has 2 aliphatic rings. The fourth-order valence-corrected chi connectivity index (χ4v) is 3.30. The number of hydrogen-bond acceptors (Lipinski definition) is 3. The maximum Gasteiger partial charge on any atom is 0.223 e. The molecule has 2 fully saturated rings. The standard InChI is InChI=1S/C18H26N2O2/c1-14(10-17-6-3-9-22-17)12-20-8-7-15(13-20)11-19-18(21)16-4-2-5-16/h3,6,9-10,15-16H,2,4-5,7-8,11-13H2,1H3,(H,19,21)/b14-10+. The summed E-state index contributed by atoms with van der Waals surface area (Å²) in [6.45, 7) is 6.16. The van der Waals surface area contributed by atoms with Gasteiger partial charge in [0.05, 0.1) is 6.26 Å². The second-order valence-corrected chi connectivity index (χ2v) is 6.77. The van der Waals surface area contributed by atoms with Gasteiger partial charge in [-0.15, -0.1) is 0 Å². The van der Waals surface area contributed by atoms with Crippen molar-refractivity contribution in [3.8, 4) is 0 Å². The van der Waals surface area contributed by atoms with Crippen LogP contribution in [-0.2, 0) is 4.79 Å². The molecule has 1 unspecified atom stereocenters. The number of nitrogens with zero attached hydrogens (tertiary/aromatic N) is 1. The van der Waals surface area contributed by atoms with Crippen LogP contribution in [0.2, 0.25) is 0 Å². The zero-order chi connectivity index (χ0) is 15.4. The Balaban J connectivity index is 1.39. The van der Waals surface area contributed by atoms with E-state index in [2.05, 4.69) is 23.2 Å². The molecule has 1 aliphatic heterocycles. The van der Waals surface area contributed by atoms with Crippen molar-refractivity contribution in [3.05, 3.63) is 29.7 Å². The lowest BCUT2D eigenvalue weighted by Crippen LogP contribution is -2.37. The molecule has 4 heteroatoms. The van der Waals surface area contributed by atoms with Crippen LogP contribution in [-0.4, -0.2) is 37.0 Å². The Morgan fingerprint density at radius 3 is 3.00 bits per heavy atom. The number of nitrogens with one attached hydrogen (secondary N) is 1. The van der Waals surface area contributed by atoms with Crippen LogP contribution in [0.25, 0.3) is 6.08 Å². The van der Waals surface area contributed by atoms with Gasteiger partial charge in [0.1, 0.15) is 5.76 Å². The monoisotopic (exact) mass is 302 g/mol. The number of carbonyl (C=O) groups is 1. The Kier molecular flexibility index (Phi) is 4.98. The Labute approximate surface area is 132 Å². The summed E-state index contributed by atoms with van der Waals surface area (Å²) in [6, 6.07) is 3.89. The summed E-state index contributed by atoms with van der Waals surface area (Å²) in [6.07, 6.45) is 8.37. The van der Waals surface area contributed by atoms with E-state index in [1.165, 1.54) is 18.4 Å². The maximum absolute atomic E-state index is 11.9. The predicted octanol–water partition coefficient (Wildman–Crippen LogP) is 2.92. The minimum absolute atomic E-state index is 0.276. The highest BCUT2D eigenvalue weighted by atomic mass is 16.3. The van der Waals surface area contributed by atoms with Crippen molar-refractivity contribution in [2.24, 2.45) is 11.8 Å². The normalized spacial score (nSPS) is 23.5. The van der Waals surface area contributed by atoms with Crippen molar-refractivity contribution in [2.45, 2.75) is 32.6 Å². The summed E-state index contributed by atoms with van der Waals surface area (Å²) in [4.78, 5) is 14.3. The highest BCUT2D eigenvalue weighted by Gasteiger charge is 2.27. The summed E-state index contributed by atoms with van der Waals surface area (Å²) in [5.41, 5.74) is 1.31. The van der Waals surface area contributed by atoms with Crippen molar-refractivity contribution < 1.29 is 9.21 Å².